The summed E-state index contributed by atoms with van der Waals surface area (Å²) in [5.74, 6) is 1.41. The van der Waals surface area contributed by atoms with Crippen molar-refractivity contribution in [1.29, 1.82) is 0 Å². The summed E-state index contributed by atoms with van der Waals surface area (Å²) in [6, 6.07) is 2.01. The number of carbonyl (C=O) groups excluding carboxylic acids is 1. The molecule has 1 unspecified atom stereocenters. The number of hydrogen-bond donors (Lipinski definition) is 0. The number of hydrogen-bond acceptors (Lipinski definition) is 3. The van der Waals surface area contributed by atoms with Gasteiger partial charge < -0.3 is 9.47 Å². The van der Waals surface area contributed by atoms with Crippen molar-refractivity contribution in [3.8, 4) is 0 Å². The maximum Gasteiger partial charge on any atom is 0.272 e. The maximum absolute atomic E-state index is 12.8. The number of rotatable bonds is 2. The number of nitrogens with zero attached hydrogens (tertiary/aromatic N) is 4. The van der Waals surface area contributed by atoms with E-state index in [2.05, 4.69) is 9.97 Å². The molecule has 2 aromatic rings. The lowest BCUT2D eigenvalue weighted by Gasteiger charge is -2.32. The molecule has 5 heteroatoms. The van der Waals surface area contributed by atoms with Crippen molar-refractivity contribution >= 4 is 5.91 Å². The van der Waals surface area contributed by atoms with Gasteiger partial charge >= 0.3 is 0 Å². The van der Waals surface area contributed by atoms with Gasteiger partial charge in [-0.25, -0.2) is 4.98 Å². The summed E-state index contributed by atoms with van der Waals surface area (Å²) in [6.07, 6.45) is 7.63. The first kappa shape index (κ1) is 14.8. The quantitative estimate of drug-likeness (QED) is 0.855. The van der Waals surface area contributed by atoms with E-state index in [1.54, 1.807) is 6.20 Å². The van der Waals surface area contributed by atoms with Crippen molar-refractivity contribution in [2.24, 2.45) is 7.05 Å². The van der Waals surface area contributed by atoms with Gasteiger partial charge in [-0.15, -0.1) is 0 Å². The Morgan fingerprint density at radius 2 is 2.14 bits per heavy atom. The van der Waals surface area contributed by atoms with Gasteiger partial charge in [-0.2, -0.15) is 0 Å². The molecule has 1 atom stereocenters. The Balaban J connectivity index is 1.79. The second kappa shape index (κ2) is 5.91. The number of likely N-dealkylation sites (tertiary alicyclic amines) is 1. The van der Waals surface area contributed by atoms with E-state index in [-0.39, 0.29) is 5.91 Å². The first-order chi connectivity index (χ1) is 10.6. The highest BCUT2D eigenvalue weighted by Crippen LogP contribution is 2.26. The van der Waals surface area contributed by atoms with E-state index >= 15 is 0 Å². The third kappa shape index (κ3) is 2.75. The van der Waals surface area contributed by atoms with Crippen LogP contribution in [0.2, 0.25) is 0 Å². The first-order valence-corrected chi connectivity index (χ1v) is 7.76. The van der Waals surface area contributed by atoms with Crippen molar-refractivity contribution in [2.45, 2.75) is 32.6 Å². The van der Waals surface area contributed by atoms with Gasteiger partial charge in [-0.05, 0) is 37.8 Å². The van der Waals surface area contributed by atoms with E-state index in [0.29, 0.717) is 11.6 Å². The van der Waals surface area contributed by atoms with Crippen molar-refractivity contribution < 1.29 is 4.79 Å². The third-order valence-electron chi connectivity index (χ3n) is 4.35. The maximum atomic E-state index is 12.8. The van der Waals surface area contributed by atoms with Crippen LogP contribution in [-0.2, 0) is 7.05 Å². The molecule has 22 heavy (non-hydrogen) atoms. The van der Waals surface area contributed by atoms with Crippen LogP contribution in [0, 0.1) is 13.8 Å². The lowest BCUT2D eigenvalue weighted by Crippen LogP contribution is -2.40. The molecule has 0 N–H and O–H groups in total. The van der Waals surface area contributed by atoms with Gasteiger partial charge in [0.15, 0.2) is 0 Å². The monoisotopic (exact) mass is 298 g/mol. The predicted octanol–water partition coefficient (Wildman–Crippen LogP) is 2.45. The molecular formula is C17H22N4O. The standard InChI is InChI=1S/C17H22N4O/c1-12-9-13(2)15(19-10-12)17(22)21-7-4-5-14(11-21)16-18-6-8-20(16)3/h6,8-10,14H,4-5,7,11H2,1-3H3. The predicted molar refractivity (Wildman–Crippen MR) is 84.8 cm³/mol. The average molecular weight is 298 g/mol. The van der Waals surface area contributed by atoms with E-state index < -0.39 is 0 Å². The Labute approximate surface area is 131 Å². The minimum Gasteiger partial charge on any atom is -0.338 e. The van der Waals surface area contributed by atoms with E-state index in [9.17, 15) is 4.79 Å². The smallest absolute Gasteiger partial charge is 0.272 e. The van der Waals surface area contributed by atoms with Gasteiger partial charge in [0.25, 0.3) is 5.91 Å². The first-order valence-electron chi connectivity index (χ1n) is 7.76. The lowest BCUT2D eigenvalue weighted by molar-refractivity contribution is 0.0697. The molecule has 0 radical (unpaired) electrons. The third-order valence-corrected chi connectivity index (χ3v) is 4.35. The summed E-state index contributed by atoms with van der Waals surface area (Å²) in [4.78, 5) is 23.5. The molecule has 0 bridgehead atoms. The number of pyridine rings is 1. The van der Waals surface area contributed by atoms with Crippen LogP contribution in [0.1, 0.15) is 46.2 Å². The highest BCUT2D eigenvalue weighted by molar-refractivity contribution is 5.93. The van der Waals surface area contributed by atoms with E-state index in [4.69, 9.17) is 0 Å². The molecule has 2 aromatic heterocycles. The fourth-order valence-corrected chi connectivity index (χ4v) is 3.23. The van der Waals surface area contributed by atoms with Gasteiger partial charge in [0.05, 0.1) is 0 Å². The molecule has 0 saturated carbocycles. The molecular weight excluding hydrogens is 276 g/mol. The highest BCUT2D eigenvalue weighted by atomic mass is 16.2. The molecule has 3 heterocycles. The summed E-state index contributed by atoms with van der Waals surface area (Å²) >= 11 is 0. The van der Waals surface area contributed by atoms with Gasteiger partial charge in [0.2, 0.25) is 0 Å². The van der Waals surface area contributed by atoms with Crippen LogP contribution in [0.5, 0.6) is 0 Å². The van der Waals surface area contributed by atoms with Crippen LogP contribution in [0.4, 0.5) is 0 Å². The highest BCUT2D eigenvalue weighted by Gasteiger charge is 2.28. The van der Waals surface area contributed by atoms with Crippen LogP contribution < -0.4 is 0 Å². The zero-order valence-corrected chi connectivity index (χ0v) is 13.4. The molecule has 3 rings (SSSR count). The largest absolute Gasteiger partial charge is 0.338 e. The molecule has 1 aliphatic heterocycles. The van der Waals surface area contributed by atoms with Crippen LogP contribution >= 0.6 is 0 Å². The van der Waals surface area contributed by atoms with Crippen LogP contribution in [0.15, 0.2) is 24.7 Å². The van der Waals surface area contributed by atoms with Crippen LogP contribution in [0.3, 0.4) is 0 Å². The molecule has 0 spiro atoms. The molecule has 1 fully saturated rings. The van der Waals surface area contributed by atoms with Gasteiger partial charge in [0, 0.05) is 44.6 Å². The summed E-state index contributed by atoms with van der Waals surface area (Å²) in [7, 11) is 2.01. The minimum atomic E-state index is 0.0383. The van der Waals surface area contributed by atoms with Crippen molar-refractivity contribution in [3.63, 3.8) is 0 Å². The van der Waals surface area contributed by atoms with Crippen molar-refractivity contribution in [2.75, 3.05) is 13.1 Å². The zero-order valence-electron chi connectivity index (χ0n) is 13.4. The van der Waals surface area contributed by atoms with E-state index in [1.165, 1.54) is 0 Å². The van der Waals surface area contributed by atoms with Gasteiger partial charge in [-0.1, -0.05) is 6.07 Å². The second-order valence-corrected chi connectivity index (χ2v) is 6.16. The second-order valence-electron chi connectivity index (χ2n) is 6.16. The van der Waals surface area contributed by atoms with E-state index in [1.807, 2.05) is 48.8 Å². The normalized spacial score (nSPS) is 18.5. The number of piperidine rings is 1. The lowest BCUT2D eigenvalue weighted by atomic mass is 9.96. The Morgan fingerprint density at radius 3 is 2.82 bits per heavy atom. The molecule has 0 aromatic carbocycles. The Morgan fingerprint density at radius 1 is 1.32 bits per heavy atom. The Hall–Kier alpha value is -2.17. The topological polar surface area (TPSA) is 51.0 Å². The van der Waals surface area contributed by atoms with Crippen molar-refractivity contribution in [1.82, 2.24) is 19.4 Å². The minimum absolute atomic E-state index is 0.0383. The van der Waals surface area contributed by atoms with E-state index in [0.717, 1.165) is 42.9 Å². The van der Waals surface area contributed by atoms with Gasteiger partial charge in [-0.3, -0.25) is 9.78 Å². The average Bonchev–Trinajstić information content (AvgIpc) is 2.93. The molecule has 116 valence electrons. The fourth-order valence-electron chi connectivity index (χ4n) is 3.23. The molecule has 1 saturated heterocycles. The van der Waals surface area contributed by atoms with Crippen LogP contribution in [0.25, 0.3) is 0 Å². The Bertz CT molecular complexity index is 692. The Kier molecular flexibility index (Phi) is 3.96. The molecule has 1 amide bonds. The number of aromatic nitrogens is 3. The summed E-state index contributed by atoms with van der Waals surface area (Å²) < 4.78 is 2.05. The summed E-state index contributed by atoms with van der Waals surface area (Å²) in [5, 5.41) is 0. The number of carbonyl (C=O) groups is 1. The van der Waals surface area contributed by atoms with Crippen molar-refractivity contribution in [3.05, 3.63) is 47.3 Å². The SMILES string of the molecule is Cc1cnc(C(=O)N2CCCC(c3nccn3C)C2)c(C)c1. The summed E-state index contributed by atoms with van der Waals surface area (Å²) in [6.45, 7) is 5.47. The number of amides is 1. The number of imidazole rings is 1. The number of aryl methyl sites for hydroxylation is 3. The summed E-state index contributed by atoms with van der Waals surface area (Å²) in [5.41, 5.74) is 2.61. The fraction of sp³-hybridized carbons (Fsp3) is 0.471. The zero-order chi connectivity index (χ0) is 15.7. The molecule has 0 aliphatic carbocycles. The molecule has 5 nitrogen and oxygen atoms in total. The molecule has 1 aliphatic rings. The van der Waals surface area contributed by atoms with Crippen LogP contribution in [-0.4, -0.2) is 38.4 Å². The van der Waals surface area contributed by atoms with Gasteiger partial charge in [0.1, 0.15) is 11.5 Å².